The molecular weight excluding hydrogens is 338 g/mol. The third-order valence-electron chi connectivity index (χ3n) is 4.73. The fourth-order valence-corrected chi connectivity index (χ4v) is 3.16. The maximum absolute atomic E-state index is 12.7. The Hall–Kier alpha value is -2.13. The van der Waals surface area contributed by atoms with Crippen molar-refractivity contribution in [3.63, 3.8) is 0 Å². The number of hydrogen-bond donors (Lipinski definition) is 1. The summed E-state index contributed by atoms with van der Waals surface area (Å²) in [5.41, 5.74) is 6.32. The predicted molar refractivity (Wildman–Crippen MR) is 111 cm³/mol. The van der Waals surface area contributed by atoms with Crippen LogP contribution in [-0.4, -0.2) is 24.9 Å². The molecule has 0 bridgehead atoms. The zero-order chi connectivity index (χ0) is 20.0. The summed E-state index contributed by atoms with van der Waals surface area (Å²) in [4.78, 5) is 17.2. The molecule has 0 aliphatic carbocycles. The molecule has 2 N–H and O–H groups in total. The minimum absolute atomic E-state index is 0.122. The number of rotatable bonds is 8. The van der Waals surface area contributed by atoms with E-state index in [2.05, 4.69) is 30.7 Å². The Labute approximate surface area is 162 Å². The first-order chi connectivity index (χ1) is 12.8. The van der Waals surface area contributed by atoms with Crippen LogP contribution in [0.4, 0.5) is 0 Å². The monoisotopic (exact) mass is 371 g/mol. The van der Waals surface area contributed by atoms with E-state index in [0.717, 1.165) is 19.3 Å². The van der Waals surface area contributed by atoms with Crippen LogP contribution in [0, 0.1) is 11.8 Å². The van der Waals surface area contributed by atoms with Crippen LogP contribution < -0.4 is 11.3 Å². The van der Waals surface area contributed by atoms with E-state index in [1.807, 2.05) is 18.5 Å². The van der Waals surface area contributed by atoms with Gasteiger partial charge in [0.25, 0.3) is 5.56 Å². The Morgan fingerprint density at radius 1 is 1.22 bits per heavy atom. The first kappa shape index (κ1) is 21.2. The van der Waals surface area contributed by atoms with Crippen LogP contribution in [0.25, 0.3) is 11.0 Å². The second-order valence-corrected chi connectivity index (χ2v) is 7.89. The molecule has 0 saturated heterocycles. The van der Waals surface area contributed by atoms with Crippen molar-refractivity contribution >= 4 is 11.0 Å². The van der Waals surface area contributed by atoms with Gasteiger partial charge in [-0.3, -0.25) is 4.79 Å². The molecule has 148 valence electrons. The molecule has 0 aliphatic rings. The van der Waals surface area contributed by atoms with E-state index in [9.17, 15) is 4.79 Å². The summed E-state index contributed by atoms with van der Waals surface area (Å²) in [7, 11) is 1.70. The van der Waals surface area contributed by atoms with Crippen LogP contribution >= 0.6 is 0 Å². The van der Waals surface area contributed by atoms with Gasteiger partial charge in [-0.05, 0) is 32.6 Å². The number of nitrogens with zero attached hydrogens (tertiary/aromatic N) is 4. The van der Waals surface area contributed by atoms with Crippen LogP contribution in [0.5, 0.6) is 0 Å². The summed E-state index contributed by atoms with van der Waals surface area (Å²) >= 11 is 0. The van der Waals surface area contributed by atoms with E-state index in [0.29, 0.717) is 16.7 Å². The Bertz CT molecular complexity index is 876. The lowest BCUT2D eigenvalue weighted by molar-refractivity contribution is 0.401. The quantitative estimate of drug-likeness (QED) is 0.569. The molecule has 1 atom stereocenters. The van der Waals surface area contributed by atoms with Crippen molar-refractivity contribution in [1.82, 2.24) is 19.3 Å². The second-order valence-electron chi connectivity index (χ2n) is 7.89. The molecule has 2 rings (SSSR count). The molecule has 0 amide bonds. The molecule has 2 aromatic heterocycles. The topological polar surface area (TPSA) is 78.7 Å². The van der Waals surface area contributed by atoms with Gasteiger partial charge in [-0.15, -0.1) is 0 Å². The Morgan fingerprint density at radius 2 is 1.93 bits per heavy atom. The summed E-state index contributed by atoms with van der Waals surface area (Å²) in [6.45, 7) is 8.04. The highest BCUT2D eigenvalue weighted by molar-refractivity contribution is 5.80. The van der Waals surface area contributed by atoms with Crippen LogP contribution in [-0.2, 0) is 7.05 Å². The largest absolute Gasteiger partial charge is 0.316 e. The minimum Gasteiger partial charge on any atom is -0.316 e. The Morgan fingerprint density at radius 3 is 2.56 bits per heavy atom. The maximum Gasteiger partial charge on any atom is 0.265 e. The van der Waals surface area contributed by atoms with Gasteiger partial charge in [-0.1, -0.05) is 51.9 Å². The Balaban J connectivity index is 2.42. The fraction of sp³-hybridized carbons (Fsp3) is 0.667. The Kier molecular flexibility index (Phi) is 7.20. The SMILES string of the molecule is CCCCCCCC(CC)n1nc(C#CC(C)(C)N)c2c(=O)n(C)cnc21. The van der Waals surface area contributed by atoms with E-state index in [-0.39, 0.29) is 11.6 Å². The maximum atomic E-state index is 12.7. The van der Waals surface area contributed by atoms with Crippen molar-refractivity contribution in [2.75, 3.05) is 0 Å². The van der Waals surface area contributed by atoms with Gasteiger partial charge in [0.2, 0.25) is 0 Å². The third kappa shape index (κ3) is 5.43. The van der Waals surface area contributed by atoms with Crippen molar-refractivity contribution in [3.05, 3.63) is 22.4 Å². The van der Waals surface area contributed by atoms with Gasteiger partial charge in [-0.2, -0.15) is 5.10 Å². The van der Waals surface area contributed by atoms with Gasteiger partial charge in [-0.25, -0.2) is 9.67 Å². The molecule has 6 heteroatoms. The van der Waals surface area contributed by atoms with E-state index in [1.165, 1.54) is 30.3 Å². The van der Waals surface area contributed by atoms with E-state index in [4.69, 9.17) is 10.8 Å². The lowest BCUT2D eigenvalue weighted by Crippen LogP contribution is -2.29. The van der Waals surface area contributed by atoms with Crippen molar-refractivity contribution in [2.24, 2.45) is 12.8 Å². The number of aromatic nitrogens is 4. The van der Waals surface area contributed by atoms with Crippen molar-refractivity contribution in [1.29, 1.82) is 0 Å². The smallest absolute Gasteiger partial charge is 0.265 e. The van der Waals surface area contributed by atoms with E-state index < -0.39 is 5.54 Å². The molecular formula is C21H33N5O. The highest BCUT2D eigenvalue weighted by Gasteiger charge is 2.20. The predicted octanol–water partition coefficient (Wildman–Crippen LogP) is 3.53. The summed E-state index contributed by atoms with van der Waals surface area (Å²) in [5, 5.41) is 5.18. The van der Waals surface area contributed by atoms with Gasteiger partial charge < -0.3 is 10.3 Å². The molecule has 0 fully saturated rings. The van der Waals surface area contributed by atoms with Crippen molar-refractivity contribution in [3.8, 4) is 11.8 Å². The number of unbranched alkanes of at least 4 members (excludes halogenated alkanes) is 4. The van der Waals surface area contributed by atoms with Gasteiger partial charge >= 0.3 is 0 Å². The zero-order valence-electron chi connectivity index (χ0n) is 17.4. The molecule has 0 aliphatic heterocycles. The fourth-order valence-electron chi connectivity index (χ4n) is 3.16. The van der Waals surface area contributed by atoms with Gasteiger partial charge in [0.15, 0.2) is 11.3 Å². The van der Waals surface area contributed by atoms with Gasteiger partial charge in [0.05, 0.1) is 17.9 Å². The molecule has 2 heterocycles. The molecule has 27 heavy (non-hydrogen) atoms. The second kappa shape index (κ2) is 9.18. The zero-order valence-corrected chi connectivity index (χ0v) is 17.4. The minimum atomic E-state index is -0.646. The first-order valence-electron chi connectivity index (χ1n) is 10.0. The highest BCUT2D eigenvalue weighted by atomic mass is 16.1. The summed E-state index contributed by atoms with van der Waals surface area (Å²) in [5.74, 6) is 6.01. The van der Waals surface area contributed by atoms with Crippen LogP contribution in [0.2, 0.25) is 0 Å². The lowest BCUT2D eigenvalue weighted by Gasteiger charge is -2.16. The van der Waals surface area contributed by atoms with Crippen molar-refractivity contribution < 1.29 is 0 Å². The average Bonchev–Trinajstić information content (AvgIpc) is 2.98. The van der Waals surface area contributed by atoms with Crippen LogP contribution in [0.15, 0.2) is 11.1 Å². The number of aryl methyl sites for hydroxylation is 1. The first-order valence-corrected chi connectivity index (χ1v) is 10.0. The number of fused-ring (bicyclic) bond motifs is 1. The molecule has 0 radical (unpaired) electrons. The average molecular weight is 372 g/mol. The number of hydrogen-bond acceptors (Lipinski definition) is 4. The molecule has 6 nitrogen and oxygen atoms in total. The van der Waals surface area contributed by atoms with Crippen LogP contribution in [0.3, 0.4) is 0 Å². The highest BCUT2D eigenvalue weighted by Crippen LogP contribution is 2.24. The molecule has 0 saturated carbocycles. The molecule has 2 aromatic rings. The van der Waals surface area contributed by atoms with Gasteiger partial charge in [0.1, 0.15) is 5.39 Å². The molecule has 1 unspecified atom stereocenters. The molecule has 0 aromatic carbocycles. The summed E-state index contributed by atoms with van der Waals surface area (Å²) in [6, 6.07) is 0.218. The number of nitrogens with two attached hydrogens (primary N) is 1. The van der Waals surface area contributed by atoms with E-state index >= 15 is 0 Å². The molecule has 0 spiro atoms. The third-order valence-corrected chi connectivity index (χ3v) is 4.73. The van der Waals surface area contributed by atoms with E-state index in [1.54, 1.807) is 13.4 Å². The standard InChI is InChI=1S/C21H33N5O/c1-6-8-9-10-11-12-16(7-2)26-19-18(20(27)25(5)15-23-19)17(24-26)13-14-21(3,4)22/h15-16H,6-12,22H2,1-5H3. The normalized spacial score (nSPS) is 12.8. The van der Waals surface area contributed by atoms with Gasteiger partial charge in [0, 0.05) is 7.05 Å². The summed E-state index contributed by atoms with van der Waals surface area (Å²) < 4.78 is 3.38. The van der Waals surface area contributed by atoms with Crippen LogP contribution in [0.1, 0.15) is 84.4 Å². The summed E-state index contributed by atoms with van der Waals surface area (Å²) in [6.07, 6.45) is 9.71. The van der Waals surface area contributed by atoms with Crippen molar-refractivity contribution in [2.45, 2.75) is 84.2 Å². The lowest BCUT2D eigenvalue weighted by atomic mass is 10.0.